The van der Waals surface area contributed by atoms with Crippen LogP contribution in [0.4, 0.5) is 0 Å². The number of aromatic nitrogens is 2. The fraction of sp³-hybridized carbons (Fsp3) is 0.227. The van der Waals surface area contributed by atoms with E-state index in [9.17, 15) is 4.79 Å². The SMILES string of the molecule is Cc1ccc(OCC(=O)NCC2Cc3cc(-c4cncnc4)cc(Cl)c3O2)cc1. The van der Waals surface area contributed by atoms with Crippen molar-refractivity contribution >= 4 is 17.5 Å². The summed E-state index contributed by atoms with van der Waals surface area (Å²) in [5, 5.41) is 3.39. The van der Waals surface area contributed by atoms with Gasteiger partial charge in [-0.25, -0.2) is 9.97 Å². The second-order valence-electron chi connectivity index (χ2n) is 6.92. The van der Waals surface area contributed by atoms with Crippen LogP contribution in [-0.4, -0.2) is 35.1 Å². The van der Waals surface area contributed by atoms with E-state index in [2.05, 4.69) is 15.3 Å². The molecule has 2 heterocycles. The Kier molecular flexibility index (Phi) is 5.62. The van der Waals surface area contributed by atoms with Crippen LogP contribution in [0.5, 0.6) is 11.5 Å². The first-order chi connectivity index (χ1) is 14.1. The molecule has 1 aromatic heterocycles. The average molecular weight is 410 g/mol. The summed E-state index contributed by atoms with van der Waals surface area (Å²) in [7, 11) is 0. The van der Waals surface area contributed by atoms with Gasteiger partial charge in [0.2, 0.25) is 0 Å². The van der Waals surface area contributed by atoms with Gasteiger partial charge in [-0.3, -0.25) is 4.79 Å². The van der Waals surface area contributed by atoms with Crippen molar-refractivity contribution in [2.45, 2.75) is 19.4 Å². The maximum atomic E-state index is 12.1. The molecule has 29 heavy (non-hydrogen) atoms. The lowest BCUT2D eigenvalue weighted by Crippen LogP contribution is -2.37. The maximum absolute atomic E-state index is 12.1. The zero-order valence-electron chi connectivity index (χ0n) is 15.9. The van der Waals surface area contributed by atoms with Crippen molar-refractivity contribution in [1.29, 1.82) is 0 Å². The number of fused-ring (bicyclic) bond motifs is 1. The number of hydrogen-bond donors (Lipinski definition) is 1. The Morgan fingerprint density at radius 3 is 2.72 bits per heavy atom. The minimum absolute atomic E-state index is 0.0400. The van der Waals surface area contributed by atoms with Gasteiger partial charge >= 0.3 is 0 Å². The van der Waals surface area contributed by atoms with Crippen molar-refractivity contribution in [3.63, 3.8) is 0 Å². The van der Waals surface area contributed by atoms with Crippen molar-refractivity contribution in [2.24, 2.45) is 0 Å². The molecule has 1 amide bonds. The average Bonchev–Trinajstić information content (AvgIpc) is 3.16. The third-order valence-corrected chi connectivity index (χ3v) is 4.95. The number of halogens is 1. The van der Waals surface area contributed by atoms with Gasteiger partial charge in [0.25, 0.3) is 5.91 Å². The van der Waals surface area contributed by atoms with Crippen LogP contribution < -0.4 is 14.8 Å². The third kappa shape index (κ3) is 4.66. The number of hydrogen-bond acceptors (Lipinski definition) is 5. The number of carbonyl (C=O) groups is 1. The molecule has 6 nitrogen and oxygen atoms in total. The molecular formula is C22H20ClN3O3. The van der Waals surface area contributed by atoms with E-state index in [4.69, 9.17) is 21.1 Å². The number of ether oxygens (including phenoxy) is 2. The van der Waals surface area contributed by atoms with Gasteiger partial charge in [-0.05, 0) is 36.8 Å². The molecule has 0 fully saturated rings. The quantitative estimate of drug-likeness (QED) is 0.673. The molecule has 0 saturated carbocycles. The van der Waals surface area contributed by atoms with Crippen LogP contribution in [0, 0.1) is 6.92 Å². The standard InChI is InChI=1S/C22H20ClN3O3/c1-14-2-4-18(5-3-14)28-12-21(27)26-11-19-7-16-6-15(8-20(23)22(16)29-19)17-9-24-13-25-10-17/h2-6,8-10,13,19H,7,11-12H2,1H3,(H,26,27). The van der Waals surface area contributed by atoms with Crippen LogP contribution >= 0.6 is 11.6 Å². The highest BCUT2D eigenvalue weighted by Gasteiger charge is 2.26. The van der Waals surface area contributed by atoms with Crippen molar-refractivity contribution < 1.29 is 14.3 Å². The van der Waals surface area contributed by atoms with Crippen LogP contribution in [-0.2, 0) is 11.2 Å². The number of rotatable bonds is 6. The first-order valence-corrected chi connectivity index (χ1v) is 9.67. The fourth-order valence-corrected chi connectivity index (χ4v) is 3.46. The van der Waals surface area contributed by atoms with E-state index in [1.807, 2.05) is 43.3 Å². The fourth-order valence-electron chi connectivity index (χ4n) is 3.18. The summed E-state index contributed by atoms with van der Waals surface area (Å²) in [6.07, 6.45) is 5.46. The van der Waals surface area contributed by atoms with Gasteiger partial charge in [0.15, 0.2) is 6.61 Å². The Labute approximate surface area is 173 Å². The van der Waals surface area contributed by atoms with Crippen LogP contribution in [0.15, 0.2) is 55.1 Å². The molecule has 0 aliphatic carbocycles. The molecule has 1 unspecified atom stereocenters. The molecule has 4 rings (SSSR count). The highest BCUT2D eigenvalue weighted by atomic mass is 35.5. The van der Waals surface area contributed by atoms with Gasteiger partial charge in [-0.2, -0.15) is 0 Å². The first kappa shape index (κ1) is 19.2. The largest absolute Gasteiger partial charge is 0.486 e. The van der Waals surface area contributed by atoms with Gasteiger partial charge in [-0.15, -0.1) is 0 Å². The predicted octanol–water partition coefficient (Wildman–Crippen LogP) is 3.60. The predicted molar refractivity (Wildman–Crippen MR) is 110 cm³/mol. The Hall–Kier alpha value is -3.12. The van der Waals surface area contributed by atoms with Crippen LogP contribution in [0.2, 0.25) is 5.02 Å². The molecule has 2 aromatic carbocycles. The summed E-state index contributed by atoms with van der Waals surface area (Å²) in [5.41, 5.74) is 3.98. The Balaban J connectivity index is 1.32. The summed E-state index contributed by atoms with van der Waals surface area (Å²) in [6, 6.07) is 11.4. The van der Waals surface area contributed by atoms with Gasteiger partial charge in [0.1, 0.15) is 23.9 Å². The van der Waals surface area contributed by atoms with Gasteiger partial charge in [0.05, 0.1) is 11.6 Å². The minimum atomic E-state index is -0.196. The summed E-state index contributed by atoms with van der Waals surface area (Å²) in [4.78, 5) is 20.2. The number of benzene rings is 2. The third-order valence-electron chi connectivity index (χ3n) is 4.66. The van der Waals surface area contributed by atoms with E-state index in [0.29, 0.717) is 29.5 Å². The van der Waals surface area contributed by atoms with Crippen molar-refractivity contribution in [1.82, 2.24) is 15.3 Å². The molecule has 0 spiro atoms. The molecule has 1 aliphatic heterocycles. The van der Waals surface area contributed by atoms with Crippen LogP contribution in [0.25, 0.3) is 11.1 Å². The van der Waals surface area contributed by atoms with Crippen LogP contribution in [0.3, 0.4) is 0 Å². The second kappa shape index (κ2) is 8.49. The summed E-state index contributed by atoms with van der Waals surface area (Å²) < 4.78 is 11.4. The zero-order valence-corrected chi connectivity index (χ0v) is 16.6. The Bertz CT molecular complexity index is 1010. The molecule has 1 N–H and O–H groups in total. The summed E-state index contributed by atoms with van der Waals surface area (Å²) >= 11 is 6.41. The zero-order chi connectivity index (χ0) is 20.2. The molecule has 0 saturated heterocycles. The van der Waals surface area contributed by atoms with Gasteiger partial charge < -0.3 is 14.8 Å². The molecule has 148 valence electrons. The van der Waals surface area contributed by atoms with E-state index in [-0.39, 0.29) is 18.6 Å². The van der Waals surface area contributed by atoms with Gasteiger partial charge in [-0.1, -0.05) is 29.3 Å². The van der Waals surface area contributed by atoms with E-state index in [0.717, 1.165) is 22.3 Å². The van der Waals surface area contributed by atoms with Crippen molar-refractivity contribution in [2.75, 3.05) is 13.2 Å². The number of nitrogens with one attached hydrogen (secondary N) is 1. The molecule has 0 radical (unpaired) electrons. The topological polar surface area (TPSA) is 73.3 Å². The van der Waals surface area contributed by atoms with E-state index < -0.39 is 0 Å². The molecule has 7 heteroatoms. The summed E-state index contributed by atoms with van der Waals surface area (Å²) in [5.74, 6) is 1.14. The molecular weight excluding hydrogens is 390 g/mol. The number of nitrogens with zero attached hydrogens (tertiary/aromatic N) is 2. The molecule has 0 bridgehead atoms. The van der Waals surface area contributed by atoms with E-state index in [1.54, 1.807) is 12.4 Å². The number of carbonyl (C=O) groups excluding carboxylic acids is 1. The monoisotopic (exact) mass is 409 g/mol. The molecule has 1 atom stereocenters. The second-order valence-corrected chi connectivity index (χ2v) is 7.33. The number of amides is 1. The first-order valence-electron chi connectivity index (χ1n) is 9.29. The highest BCUT2D eigenvalue weighted by Crippen LogP contribution is 2.39. The summed E-state index contributed by atoms with van der Waals surface area (Å²) in [6.45, 7) is 2.34. The lowest BCUT2D eigenvalue weighted by Gasteiger charge is -2.13. The Morgan fingerprint density at radius 2 is 1.97 bits per heavy atom. The minimum Gasteiger partial charge on any atom is -0.486 e. The van der Waals surface area contributed by atoms with Gasteiger partial charge in [0, 0.05) is 29.9 Å². The number of aryl methyl sites for hydroxylation is 1. The van der Waals surface area contributed by atoms with Crippen LogP contribution in [0.1, 0.15) is 11.1 Å². The molecule has 1 aliphatic rings. The van der Waals surface area contributed by atoms with Crippen molar-refractivity contribution in [3.8, 4) is 22.6 Å². The smallest absolute Gasteiger partial charge is 0.258 e. The lowest BCUT2D eigenvalue weighted by atomic mass is 10.0. The van der Waals surface area contributed by atoms with Crippen molar-refractivity contribution in [3.05, 3.63) is 71.3 Å². The highest BCUT2D eigenvalue weighted by molar-refractivity contribution is 6.32. The van der Waals surface area contributed by atoms with E-state index in [1.165, 1.54) is 6.33 Å². The Morgan fingerprint density at radius 1 is 1.21 bits per heavy atom. The normalized spacial score (nSPS) is 14.8. The van der Waals surface area contributed by atoms with E-state index >= 15 is 0 Å². The maximum Gasteiger partial charge on any atom is 0.258 e. The molecule has 3 aromatic rings. The lowest BCUT2D eigenvalue weighted by molar-refractivity contribution is -0.123.